The van der Waals surface area contributed by atoms with Crippen molar-refractivity contribution in [3.63, 3.8) is 0 Å². The van der Waals surface area contributed by atoms with Crippen LogP contribution in [0.3, 0.4) is 0 Å². The van der Waals surface area contributed by atoms with Gasteiger partial charge in [-0.25, -0.2) is 8.42 Å². The maximum atomic E-state index is 13.1. The quantitative estimate of drug-likeness (QED) is 0.444. The summed E-state index contributed by atoms with van der Waals surface area (Å²) in [5.41, 5.74) is 1.42. The molecule has 0 aliphatic carbocycles. The molecule has 2 fully saturated rings. The Bertz CT molecular complexity index is 1420. The van der Waals surface area contributed by atoms with Crippen LogP contribution in [0.15, 0.2) is 83.8 Å². The third-order valence-electron chi connectivity index (χ3n) is 7.42. The molecule has 0 bridgehead atoms. The summed E-state index contributed by atoms with van der Waals surface area (Å²) < 4.78 is 66.4. The first-order chi connectivity index (χ1) is 19.1. The second-order valence-electron chi connectivity index (χ2n) is 10.0. The van der Waals surface area contributed by atoms with Crippen LogP contribution in [-0.4, -0.2) is 80.8 Å². The number of anilines is 1. The van der Waals surface area contributed by atoms with Crippen LogP contribution in [0.2, 0.25) is 0 Å². The molecule has 40 heavy (non-hydrogen) atoms. The molecule has 5 rings (SSSR count). The van der Waals surface area contributed by atoms with Gasteiger partial charge in [-0.05, 0) is 48.0 Å². The van der Waals surface area contributed by atoms with Crippen LogP contribution in [-0.2, 0) is 22.7 Å². The lowest BCUT2D eigenvalue weighted by molar-refractivity contribution is -0.137. The predicted octanol–water partition coefficient (Wildman–Crippen LogP) is 4.17. The standard InChI is InChI=1S/C29H31F3N4O3S/c30-29(31,32)25-5-4-6-26(21-25)34-15-17-35(18-16-34)28(37)24-11-9-23(10-12-24)22-33-13-19-36(20-14-33)40(38,39)27-7-2-1-3-8-27/h1-12,21H,13-20,22H2. The Hall–Kier alpha value is -3.41. The number of sulfonamides is 1. The van der Waals surface area contributed by atoms with E-state index in [1.54, 1.807) is 53.4 Å². The monoisotopic (exact) mass is 572 g/mol. The zero-order valence-corrected chi connectivity index (χ0v) is 22.7. The third-order valence-corrected chi connectivity index (χ3v) is 9.34. The summed E-state index contributed by atoms with van der Waals surface area (Å²) in [5.74, 6) is -0.102. The predicted molar refractivity (Wildman–Crippen MR) is 146 cm³/mol. The molecule has 0 aromatic heterocycles. The van der Waals surface area contributed by atoms with Crippen LogP contribution >= 0.6 is 0 Å². The molecule has 2 heterocycles. The number of piperazine rings is 2. The number of rotatable bonds is 6. The Morgan fingerprint density at radius 2 is 1.40 bits per heavy atom. The second-order valence-corrected chi connectivity index (χ2v) is 12.0. The Kier molecular flexibility index (Phi) is 8.16. The minimum Gasteiger partial charge on any atom is -0.368 e. The van der Waals surface area contributed by atoms with Crippen molar-refractivity contribution in [1.82, 2.24) is 14.1 Å². The molecule has 11 heteroatoms. The number of benzene rings is 3. The van der Waals surface area contributed by atoms with Gasteiger partial charge >= 0.3 is 6.18 Å². The molecule has 212 valence electrons. The molecule has 3 aromatic carbocycles. The molecule has 2 saturated heterocycles. The number of hydrogen-bond acceptors (Lipinski definition) is 5. The van der Waals surface area contributed by atoms with Crippen molar-refractivity contribution in [3.8, 4) is 0 Å². The SMILES string of the molecule is O=C(c1ccc(CN2CCN(S(=O)(=O)c3ccccc3)CC2)cc1)N1CCN(c2cccc(C(F)(F)F)c2)CC1. The molecule has 0 unspecified atom stereocenters. The number of nitrogens with zero attached hydrogens (tertiary/aromatic N) is 4. The Labute approximate surface area is 232 Å². The van der Waals surface area contributed by atoms with Crippen molar-refractivity contribution < 1.29 is 26.4 Å². The second kappa shape index (κ2) is 11.6. The van der Waals surface area contributed by atoms with Gasteiger partial charge in [0.1, 0.15) is 0 Å². The van der Waals surface area contributed by atoms with Gasteiger partial charge in [-0.3, -0.25) is 9.69 Å². The van der Waals surface area contributed by atoms with Gasteiger partial charge in [-0.15, -0.1) is 0 Å². The van der Waals surface area contributed by atoms with Gasteiger partial charge in [0.05, 0.1) is 10.5 Å². The minimum absolute atomic E-state index is 0.102. The highest BCUT2D eigenvalue weighted by atomic mass is 32.2. The molecular weight excluding hydrogens is 541 g/mol. The summed E-state index contributed by atoms with van der Waals surface area (Å²) in [5, 5.41) is 0. The lowest BCUT2D eigenvalue weighted by atomic mass is 10.1. The number of halogens is 3. The van der Waals surface area contributed by atoms with E-state index in [1.807, 2.05) is 17.0 Å². The number of carbonyl (C=O) groups excluding carboxylic acids is 1. The lowest BCUT2D eigenvalue weighted by Crippen LogP contribution is -2.48. The summed E-state index contributed by atoms with van der Waals surface area (Å²) in [7, 11) is -3.50. The lowest BCUT2D eigenvalue weighted by Gasteiger charge is -2.36. The van der Waals surface area contributed by atoms with Crippen molar-refractivity contribution >= 4 is 21.6 Å². The summed E-state index contributed by atoms with van der Waals surface area (Å²) in [6, 6.07) is 21.2. The van der Waals surface area contributed by atoms with Gasteiger partial charge in [0.2, 0.25) is 10.0 Å². The van der Waals surface area contributed by atoms with Gasteiger partial charge in [0.25, 0.3) is 5.91 Å². The van der Waals surface area contributed by atoms with Crippen LogP contribution < -0.4 is 4.90 Å². The van der Waals surface area contributed by atoms with E-state index in [1.165, 1.54) is 10.4 Å². The highest BCUT2D eigenvalue weighted by Crippen LogP contribution is 2.32. The third kappa shape index (κ3) is 6.32. The summed E-state index contributed by atoms with van der Waals surface area (Å²) in [4.78, 5) is 19.2. The maximum absolute atomic E-state index is 13.1. The largest absolute Gasteiger partial charge is 0.416 e. The van der Waals surface area contributed by atoms with E-state index in [-0.39, 0.29) is 5.91 Å². The molecule has 0 spiro atoms. The normalized spacial score (nSPS) is 17.7. The van der Waals surface area contributed by atoms with Crippen LogP contribution in [0.1, 0.15) is 21.5 Å². The molecular formula is C29H31F3N4O3S. The Balaban J connectivity index is 1.11. The van der Waals surface area contributed by atoms with Gasteiger partial charge < -0.3 is 9.80 Å². The van der Waals surface area contributed by atoms with E-state index in [4.69, 9.17) is 0 Å². The number of hydrogen-bond donors (Lipinski definition) is 0. The fourth-order valence-corrected chi connectivity index (χ4v) is 6.55. The maximum Gasteiger partial charge on any atom is 0.416 e. The fourth-order valence-electron chi connectivity index (χ4n) is 5.11. The molecule has 7 nitrogen and oxygen atoms in total. The van der Waals surface area contributed by atoms with Gasteiger partial charge in [-0.2, -0.15) is 17.5 Å². The van der Waals surface area contributed by atoms with Crippen LogP contribution in [0.5, 0.6) is 0 Å². The van der Waals surface area contributed by atoms with Crippen molar-refractivity contribution in [2.24, 2.45) is 0 Å². The van der Waals surface area contributed by atoms with E-state index in [9.17, 15) is 26.4 Å². The van der Waals surface area contributed by atoms with Crippen molar-refractivity contribution in [2.75, 3.05) is 57.3 Å². The Morgan fingerprint density at radius 1 is 0.750 bits per heavy atom. The zero-order chi connectivity index (χ0) is 28.3. The van der Waals surface area contributed by atoms with Crippen molar-refractivity contribution in [3.05, 3.63) is 95.6 Å². The number of amides is 1. The highest BCUT2D eigenvalue weighted by Gasteiger charge is 2.32. The minimum atomic E-state index is -4.39. The van der Waals surface area contributed by atoms with Gasteiger partial charge in [-0.1, -0.05) is 36.4 Å². The van der Waals surface area contributed by atoms with Gasteiger partial charge in [0, 0.05) is 70.2 Å². The first kappa shape index (κ1) is 28.1. The van der Waals surface area contributed by atoms with E-state index < -0.39 is 21.8 Å². The number of alkyl halides is 3. The van der Waals surface area contributed by atoms with Crippen molar-refractivity contribution in [2.45, 2.75) is 17.6 Å². The van der Waals surface area contributed by atoms with Crippen molar-refractivity contribution in [1.29, 1.82) is 0 Å². The molecule has 0 radical (unpaired) electrons. The highest BCUT2D eigenvalue weighted by molar-refractivity contribution is 7.89. The summed E-state index contributed by atoms with van der Waals surface area (Å²) in [6.07, 6.45) is -4.39. The number of carbonyl (C=O) groups is 1. The molecule has 1 amide bonds. The molecule has 0 atom stereocenters. The fraction of sp³-hybridized carbons (Fsp3) is 0.345. The summed E-state index contributed by atoms with van der Waals surface area (Å²) in [6.45, 7) is 4.48. The molecule has 0 N–H and O–H groups in total. The molecule has 0 saturated carbocycles. The van der Waals surface area contributed by atoms with E-state index >= 15 is 0 Å². The van der Waals surface area contributed by atoms with Crippen LogP contribution in [0.4, 0.5) is 18.9 Å². The first-order valence-electron chi connectivity index (χ1n) is 13.2. The van der Waals surface area contributed by atoms with Crippen LogP contribution in [0, 0.1) is 0 Å². The topological polar surface area (TPSA) is 64.2 Å². The Morgan fingerprint density at radius 3 is 2.02 bits per heavy atom. The zero-order valence-electron chi connectivity index (χ0n) is 21.9. The van der Waals surface area contributed by atoms with E-state index in [2.05, 4.69) is 4.90 Å². The smallest absolute Gasteiger partial charge is 0.368 e. The van der Waals surface area contributed by atoms with E-state index in [0.717, 1.165) is 17.7 Å². The molecule has 2 aliphatic heterocycles. The average molecular weight is 573 g/mol. The molecule has 3 aromatic rings. The molecule has 2 aliphatic rings. The van der Waals surface area contributed by atoms with E-state index in [0.29, 0.717) is 75.0 Å². The van der Waals surface area contributed by atoms with Crippen LogP contribution in [0.25, 0.3) is 0 Å². The van der Waals surface area contributed by atoms with Gasteiger partial charge in [0.15, 0.2) is 0 Å². The first-order valence-corrected chi connectivity index (χ1v) is 14.6. The average Bonchev–Trinajstić information content (AvgIpc) is 2.98. The summed E-state index contributed by atoms with van der Waals surface area (Å²) >= 11 is 0.